The van der Waals surface area contributed by atoms with Crippen LogP contribution in [0.15, 0.2) is 58.5 Å². The number of carbonyl (C=O) groups is 2. The van der Waals surface area contributed by atoms with E-state index in [1.165, 1.54) is 11.8 Å². The number of hydrogen-bond acceptors (Lipinski definition) is 5. The Morgan fingerprint density at radius 1 is 1.07 bits per heavy atom. The molecular weight excluding hydrogens is 396 g/mol. The molecule has 0 saturated carbocycles. The Balaban J connectivity index is 1.63. The Labute approximate surface area is 180 Å². The van der Waals surface area contributed by atoms with E-state index in [1.54, 1.807) is 0 Å². The SMILES string of the molecule is Cc1ccccc1NC(=O)C(C)SC1=Nc2ccccc2C2=NC(=O)C(C(C)C)N12. The summed E-state index contributed by atoms with van der Waals surface area (Å²) < 4.78 is 0. The highest BCUT2D eigenvalue weighted by Crippen LogP contribution is 2.37. The average molecular weight is 421 g/mol. The van der Waals surface area contributed by atoms with Crippen molar-refractivity contribution in [1.82, 2.24) is 4.90 Å². The normalized spacial score (nSPS) is 18.5. The molecule has 2 atom stereocenters. The highest BCUT2D eigenvalue weighted by Gasteiger charge is 2.43. The van der Waals surface area contributed by atoms with E-state index < -0.39 is 11.3 Å². The lowest BCUT2D eigenvalue weighted by atomic mass is 10.0. The minimum atomic E-state index is -0.411. The van der Waals surface area contributed by atoms with Crippen LogP contribution in [0.2, 0.25) is 0 Å². The maximum Gasteiger partial charge on any atom is 0.271 e. The highest BCUT2D eigenvalue weighted by molar-refractivity contribution is 8.14. The van der Waals surface area contributed by atoms with Crippen LogP contribution in [0.3, 0.4) is 0 Å². The van der Waals surface area contributed by atoms with Crippen LogP contribution < -0.4 is 5.32 Å². The topological polar surface area (TPSA) is 74.1 Å². The summed E-state index contributed by atoms with van der Waals surface area (Å²) in [6, 6.07) is 14.9. The Morgan fingerprint density at radius 2 is 1.77 bits per heavy atom. The molecule has 2 heterocycles. The maximum atomic E-state index is 12.9. The van der Waals surface area contributed by atoms with Gasteiger partial charge in [-0.15, -0.1) is 0 Å². The zero-order chi connectivity index (χ0) is 21.4. The van der Waals surface area contributed by atoms with Crippen LogP contribution in [0.4, 0.5) is 11.4 Å². The quantitative estimate of drug-likeness (QED) is 0.797. The van der Waals surface area contributed by atoms with E-state index in [-0.39, 0.29) is 17.7 Å². The van der Waals surface area contributed by atoms with Gasteiger partial charge < -0.3 is 5.32 Å². The molecule has 0 fully saturated rings. The van der Waals surface area contributed by atoms with Crippen molar-refractivity contribution in [3.05, 3.63) is 59.7 Å². The highest BCUT2D eigenvalue weighted by atomic mass is 32.2. The van der Waals surface area contributed by atoms with E-state index in [9.17, 15) is 9.59 Å². The predicted molar refractivity (Wildman–Crippen MR) is 122 cm³/mol. The van der Waals surface area contributed by atoms with Gasteiger partial charge >= 0.3 is 0 Å². The van der Waals surface area contributed by atoms with Crippen molar-refractivity contribution in [3.63, 3.8) is 0 Å². The maximum absolute atomic E-state index is 12.9. The molecule has 0 aromatic heterocycles. The molecule has 2 unspecified atom stereocenters. The number of para-hydroxylation sites is 2. The van der Waals surface area contributed by atoms with E-state index >= 15 is 0 Å². The number of nitrogens with one attached hydrogen (secondary N) is 1. The zero-order valence-corrected chi connectivity index (χ0v) is 18.2. The number of rotatable bonds is 4. The van der Waals surface area contributed by atoms with Gasteiger partial charge in [-0.3, -0.25) is 14.5 Å². The summed E-state index contributed by atoms with van der Waals surface area (Å²) >= 11 is 1.35. The van der Waals surface area contributed by atoms with Gasteiger partial charge in [-0.25, -0.2) is 4.99 Å². The van der Waals surface area contributed by atoms with E-state index in [4.69, 9.17) is 4.99 Å². The number of amidine groups is 2. The minimum Gasteiger partial charge on any atom is -0.325 e. The van der Waals surface area contributed by atoms with Crippen molar-refractivity contribution in [3.8, 4) is 0 Å². The number of aryl methyl sites for hydroxylation is 1. The molecule has 2 aliphatic rings. The molecule has 2 amide bonds. The molecule has 0 radical (unpaired) electrons. The fraction of sp³-hybridized carbons (Fsp3) is 0.304. The van der Waals surface area contributed by atoms with Crippen molar-refractivity contribution >= 4 is 46.0 Å². The summed E-state index contributed by atoms with van der Waals surface area (Å²) in [6.45, 7) is 7.80. The summed E-state index contributed by atoms with van der Waals surface area (Å²) in [7, 11) is 0. The molecule has 1 N–H and O–H groups in total. The molecule has 154 valence electrons. The van der Waals surface area contributed by atoms with Crippen LogP contribution in [0.1, 0.15) is 31.9 Å². The van der Waals surface area contributed by atoms with Gasteiger partial charge in [0.05, 0.1) is 10.9 Å². The third-order valence-corrected chi connectivity index (χ3v) is 6.29. The summed E-state index contributed by atoms with van der Waals surface area (Å²) in [6.07, 6.45) is 0. The van der Waals surface area contributed by atoms with Crippen LogP contribution in [-0.2, 0) is 9.59 Å². The standard InChI is InChI=1S/C23H24N4O2S/c1-13(2)19-22(29)26-20-16-10-6-8-12-18(16)25-23(27(19)20)30-15(4)21(28)24-17-11-7-5-9-14(17)3/h5-13,15,19H,1-4H3,(H,24,28). The van der Waals surface area contributed by atoms with Crippen molar-refractivity contribution in [1.29, 1.82) is 0 Å². The lowest BCUT2D eigenvalue weighted by molar-refractivity contribution is -0.120. The Bertz CT molecular complexity index is 1080. The lowest BCUT2D eigenvalue weighted by Crippen LogP contribution is -2.47. The fourth-order valence-electron chi connectivity index (χ4n) is 3.61. The number of thioether (sulfide) groups is 1. The third kappa shape index (κ3) is 3.65. The van der Waals surface area contributed by atoms with Crippen molar-refractivity contribution in [2.45, 2.75) is 39.0 Å². The zero-order valence-electron chi connectivity index (χ0n) is 17.4. The van der Waals surface area contributed by atoms with Crippen LogP contribution in [-0.4, -0.2) is 39.0 Å². The molecule has 2 aromatic carbocycles. The molecule has 0 aliphatic carbocycles. The minimum absolute atomic E-state index is 0.0610. The Kier molecular flexibility index (Phi) is 5.47. The van der Waals surface area contributed by atoms with Gasteiger partial charge in [0.25, 0.3) is 5.91 Å². The fourth-order valence-corrected chi connectivity index (χ4v) is 4.56. The summed E-state index contributed by atoms with van der Waals surface area (Å²) in [5.74, 6) is 0.409. The van der Waals surface area contributed by atoms with Gasteiger partial charge in [0.15, 0.2) is 5.17 Å². The second-order valence-electron chi connectivity index (χ2n) is 7.81. The Morgan fingerprint density at radius 3 is 2.50 bits per heavy atom. The average Bonchev–Trinajstić information content (AvgIpc) is 3.07. The van der Waals surface area contributed by atoms with E-state index in [1.807, 2.05) is 81.1 Å². The largest absolute Gasteiger partial charge is 0.325 e. The smallest absolute Gasteiger partial charge is 0.271 e. The number of aliphatic imine (C=N–C) groups is 2. The van der Waals surface area contributed by atoms with Gasteiger partial charge in [0.1, 0.15) is 11.9 Å². The van der Waals surface area contributed by atoms with Gasteiger partial charge in [-0.1, -0.05) is 55.9 Å². The molecule has 6 nitrogen and oxygen atoms in total. The van der Waals surface area contributed by atoms with Crippen molar-refractivity contribution < 1.29 is 9.59 Å². The molecule has 30 heavy (non-hydrogen) atoms. The van der Waals surface area contributed by atoms with E-state index in [0.29, 0.717) is 11.0 Å². The number of benzene rings is 2. The monoisotopic (exact) mass is 420 g/mol. The third-order valence-electron chi connectivity index (χ3n) is 5.23. The molecule has 0 saturated heterocycles. The molecule has 0 spiro atoms. The molecular formula is C23H24N4O2S. The number of amides is 2. The number of anilines is 1. The van der Waals surface area contributed by atoms with E-state index in [0.717, 1.165) is 22.5 Å². The first-order valence-corrected chi connectivity index (χ1v) is 10.9. The number of nitrogens with zero attached hydrogens (tertiary/aromatic N) is 3. The van der Waals surface area contributed by atoms with E-state index in [2.05, 4.69) is 10.3 Å². The van der Waals surface area contributed by atoms with Gasteiger partial charge in [-0.2, -0.15) is 4.99 Å². The van der Waals surface area contributed by atoms with Crippen molar-refractivity contribution in [2.75, 3.05) is 5.32 Å². The van der Waals surface area contributed by atoms with Crippen LogP contribution in [0, 0.1) is 12.8 Å². The lowest BCUT2D eigenvalue weighted by Gasteiger charge is -2.33. The van der Waals surface area contributed by atoms with Crippen LogP contribution in [0.5, 0.6) is 0 Å². The second-order valence-corrected chi connectivity index (χ2v) is 9.12. The summed E-state index contributed by atoms with van der Waals surface area (Å²) in [5, 5.41) is 3.22. The summed E-state index contributed by atoms with van der Waals surface area (Å²) in [4.78, 5) is 36.6. The molecule has 0 bridgehead atoms. The first-order chi connectivity index (χ1) is 14.4. The molecule has 4 rings (SSSR count). The predicted octanol–water partition coefficient (Wildman–Crippen LogP) is 4.37. The van der Waals surface area contributed by atoms with Gasteiger partial charge in [-0.05, 0) is 43.5 Å². The van der Waals surface area contributed by atoms with Crippen LogP contribution in [0.25, 0.3) is 0 Å². The Hall–Kier alpha value is -2.93. The second kappa shape index (κ2) is 8.07. The van der Waals surface area contributed by atoms with Crippen molar-refractivity contribution in [2.24, 2.45) is 15.9 Å². The first-order valence-electron chi connectivity index (χ1n) is 10.00. The van der Waals surface area contributed by atoms with Gasteiger partial charge in [0, 0.05) is 11.3 Å². The molecule has 2 aliphatic heterocycles. The number of fused-ring (bicyclic) bond motifs is 3. The van der Waals surface area contributed by atoms with Crippen LogP contribution >= 0.6 is 11.8 Å². The van der Waals surface area contributed by atoms with Gasteiger partial charge in [0.2, 0.25) is 5.91 Å². The summed E-state index contributed by atoms with van der Waals surface area (Å²) in [5.41, 5.74) is 3.41. The molecule has 2 aromatic rings. The molecule has 7 heteroatoms. The number of carbonyl (C=O) groups excluding carboxylic acids is 2. The number of hydrogen-bond donors (Lipinski definition) is 1. The first kappa shape index (κ1) is 20.3.